The predicted octanol–water partition coefficient (Wildman–Crippen LogP) is 1.60. The van der Waals surface area contributed by atoms with Crippen LogP contribution in [0, 0.1) is 5.92 Å². The van der Waals surface area contributed by atoms with E-state index in [-0.39, 0.29) is 35.8 Å². The fourth-order valence-corrected chi connectivity index (χ4v) is 5.12. The Hall–Kier alpha value is 0.220. The molecule has 156 valence electrons. The second-order valence-corrected chi connectivity index (χ2v) is 9.59. The van der Waals surface area contributed by atoms with Gasteiger partial charge in [0, 0.05) is 51.3 Å². The fourth-order valence-electron chi connectivity index (χ4n) is 2.63. The number of hydrogen-bond donors (Lipinski definition) is 2. The van der Waals surface area contributed by atoms with Gasteiger partial charge in [-0.3, -0.25) is 4.99 Å². The van der Waals surface area contributed by atoms with Crippen LogP contribution in [-0.2, 0) is 14.8 Å². The van der Waals surface area contributed by atoms with E-state index >= 15 is 0 Å². The third-order valence-electron chi connectivity index (χ3n) is 4.09. The van der Waals surface area contributed by atoms with Gasteiger partial charge >= 0.3 is 0 Å². The maximum absolute atomic E-state index is 12.3. The third kappa shape index (κ3) is 9.95. The second kappa shape index (κ2) is 14.3. The first-order valence-corrected chi connectivity index (χ1v) is 11.8. The predicted molar refractivity (Wildman–Crippen MR) is 122 cm³/mol. The van der Waals surface area contributed by atoms with Crippen molar-refractivity contribution in [3.63, 3.8) is 0 Å². The van der Waals surface area contributed by atoms with E-state index in [1.807, 2.05) is 6.92 Å². The van der Waals surface area contributed by atoms with Crippen molar-refractivity contribution >= 4 is 51.7 Å². The minimum absolute atomic E-state index is 0. The van der Waals surface area contributed by atoms with E-state index in [9.17, 15) is 8.42 Å². The molecule has 0 spiro atoms. The molecule has 0 aromatic heterocycles. The van der Waals surface area contributed by atoms with Crippen LogP contribution in [0.1, 0.15) is 27.2 Å². The molecule has 7 nitrogen and oxygen atoms in total. The number of ether oxygens (including phenoxy) is 1. The van der Waals surface area contributed by atoms with E-state index in [1.165, 1.54) is 0 Å². The van der Waals surface area contributed by atoms with Crippen LogP contribution in [-0.4, -0.2) is 81.9 Å². The minimum Gasteiger partial charge on any atom is -0.378 e. The van der Waals surface area contributed by atoms with E-state index in [0.717, 1.165) is 24.5 Å². The highest BCUT2D eigenvalue weighted by Crippen LogP contribution is 2.13. The van der Waals surface area contributed by atoms with Gasteiger partial charge in [0.15, 0.2) is 5.96 Å². The number of nitrogens with one attached hydrogen (secondary N) is 2. The number of aliphatic imine (C=N–C) groups is 1. The first-order valence-electron chi connectivity index (χ1n) is 9.02. The summed E-state index contributed by atoms with van der Waals surface area (Å²) < 4.78 is 31.9. The Morgan fingerprint density at radius 3 is 2.38 bits per heavy atom. The van der Waals surface area contributed by atoms with E-state index in [1.54, 1.807) is 23.1 Å². The Kier molecular flexibility index (Phi) is 14.4. The van der Waals surface area contributed by atoms with Gasteiger partial charge in [0.2, 0.25) is 10.0 Å². The first-order chi connectivity index (χ1) is 11.9. The van der Waals surface area contributed by atoms with Gasteiger partial charge in [0.05, 0.1) is 11.9 Å². The minimum atomic E-state index is -3.19. The monoisotopic (exact) mass is 522 g/mol. The van der Waals surface area contributed by atoms with Crippen LogP contribution in [0.5, 0.6) is 0 Å². The zero-order chi connectivity index (χ0) is 18.7. The van der Waals surface area contributed by atoms with Crippen molar-refractivity contribution in [3.8, 4) is 0 Å². The molecule has 1 aliphatic rings. The average Bonchev–Trinajstić information content (AvgIpc) is 2.60. The molecule has 1 heterocycles. The summed E-state index contributed by atoms with van der Waals surface area (Å²) in [5.74, 6) is 2.94. The van der Waals surface area contributed by atoms with E-state index in [2.05, 4.69) is 29.5 Å². The molecule has 1 unspecified atom stereocenters. The first kappa shape index (κ1) is 26.2. The zero-order valence-electron chi connectivity index (χ0n) is 16.4. The molecule has 1 fully saturated rings. The summed E-state index contributed by atoms with van der Waals surface area (Å²) in [6.45, 7) is 9.34. The largest absolute Gasteiger partial charge is 0.378 e. The van der Waals surface area contributed by atoms with Gasteiger partial charge in [0.1, 0.15) is 0 Å². The van der Waals surface area contributed by atoms with Gasteiger partial charge in [-0.25, -0.2) is 12.7 Å². The van der Waals surface area contributed by atoms with E-state index in [0.29, 0.717) is 38.1 Å². The molecule has 26 heavy (non-hydrogen) atoms. The topological polar surface area (TPSA) is 83.0 Å². The van der Waals surface area contributed by atoms with Gasteiger partial charge in [-0.05, 0) is 19.3 Å². The fraction of sp³-hybridized carbons (Fsp3) is 0.938. The quantitative estimate of drug-likeness (QED) is 0.258. The van der Waals surface area contributed by atoms with Crippen molar-refractivity contribution in [1.29, 1.82) is 0 Å². The number of nitrogens with zero attached hydrogens (tertiary/aromatic N) is 2. The van der Waals surface area contributed by atoms with Crippen LogP contribution >= 0.6 is 35.7 Å². The molecule has 10 heteroatoms. The van der Waals surface area contributed by atoms with Crippen LogP contribution in [0.25, 0.3) is 0 Å². The molecule has 1 aliphatic heterocycles. The maximum atomic E-state index is 12.3. The van der Waals surface area contributed by atoms with Gasteiger partial charge in [-0.15, -0.1) is 24.0 Å². The van der Waals surface area contributed by atoms with Crippen molar-refractivity contribution in [2.45, 2.75) is 33.3 Å². The van der Waals surface area contributed by atoms with Gasteiger partial charge in [-0.1, -0.05) is 13.8 Å². The number of hydrogen-bond acceptors (Lipinski definition) is 5. The molecule has 0 radical (unpaired) electrons. The molecule has 0 aliphatic carbocycles. The summed E-state index contributed by atoms with van der Waals surface area (Å²) >= 11 is 1.80. The molecule has 0 aromatic carbocycles. The van der Waals surface area contributed by atoms with Crippen molar-refractivity contribution in [3.05, 3.63) is 0 Å². The Morgan fingerprint density at radius 1 is 1.23 bits per heavy atom. The van der Waals surface area contributed by atoms with Crippen LogP contribution in [0.15, 0.2) is 4.99 Å². The number of sulfonamides is 1. The molecule has 1 saturated heterocycles. The van der Waals surface area contributed by atoms with Crippen LogP contribution < -0.4 is 10.6 Å². The number of thioether (sulfide) groups is 1. The lowest BCUT2D eigenvalue weighted by Gasteiger charge is -2.25. The summed E-state index contributed by atoms with van der Waals surface area (Å²) in [4.78, 5) is 4.15. The molecule has 0 saturated carbocycles. The van der Waals surface area contributed by atoms with Crippen LogP contribution in [0.4, 0.5) is 0 Å². The highest BCUT2D eigenvalue weighted by molar-refractivity contribution is 14.0. The summed E-state index contributed by atoms with van der Waals surface area (Å²) in [5, 5.41) is 6.31. The van der Waals surface area contributed by atoms with E-state index in [4.69, 9.17) is 4.74 Å². The van der Waals surface area contributed by atoms with Crippen molar-refractivity contribution < 1.29 is 13.2 Å². The average molecular weight is 523 g/mol. The summed E-state index contributed by atoms with van der Waals surface area (Å²) in [5.41, 5.74) is 0. The summed E-state index contributed by atoms with van der Waals surface area (Å²) in [6.07, 6.45) is 1.10. The normalized spacial score (nSPS) is 17.7. The van der Waals surface area contributed by atoms with Crippen LogP contribution in [0.3, 0.4) is 0 Å². The van der Waals surface area contributed by atoms with Crippen LogP contribution in [0.2, 0.25) is 0 Å². The molecule has 1 atom stereocenters. The van der Waals surface area contributed by atoms with Crippen molar-refractivity contribution in [2.75, 3.05) is 57.1 Å². The molecule has 0 aromatic rings. The number of guanidine groups is 1. The third-order valence-corrected chi connectivity index (χ3v) is 6.90. The second-order valence-electron chi connectivity index (χ2n) is 6.28. The number of halogens is 1. The Balaban J connectivity index is 0.00000625. The van der Waals surface area contributed by atoms with Gasteiger partial charge in [-0.2, -0.15) is 11.8 Å². The Bertz CT molecular complexity index is 498. The lowest BCUT2D eigenvalue weighted by Crippen LogP contribution is -2.44. The molecule has 0 amide bonds. The molecule has 2 N–H and O–H groups in total. The van der Waals surface area contributed by atoms with Gasteiger partial charge < -0.3 is 15.4 Å². The molecule has 1 rings (SSSR count). The zero-order valence-corrected chi connectivity index (χ0v) is 20.3. The van der Waals surface area contributed by atoms with Gasteiger partial charge in [0.25, 0.3) is 0 Å². The highest BCUT2D eigenvalue weighted by Gasteiger charge is 2.23. The summed E-state index contributed by atoms with van der Waals surface area (Å²) in [6, 6.07) is 0. The molecule has 0 bridgehead atoms. The van der Waals surface area contributed by atoms with Crippen molar-refractivity contribution in [2.24, 2.45) is 10.9 Å². The summed E-state index contributed by atoms with van der Waals surface area (Å²) in [7, 11) is -1.50. The molecular weight excluding hydrogens is 487 g/mol. The standard InChI is InChI=1S/C16H34N4O3S2.HI/c1-5-23-15(14(2)3)6-7-18-16(17-4)19-8-13-25(21,22)20-9-11-24-12-10-20;/h14-15H,5-13H2,1-4H3,(H2,17,18,19);1H. The highest BCUT2D eigenvalue weighted by atomic mass is 127. The van der Waals surface area contributed by atoms with E-state index < -0.39 is 10.0 Å². The lowest BCUT2D eigenvalue weighted by molar-refractivity contribution is 0.0258. The SMILES string of the molecule is CCOC(CCNC(=NC)NCCS(=O)(=O)N1CCSCC1)C(C)C.I. The van der Waals surface area contributed by atoms with Crippen molar-refractivity contribution in [1.82, 2.24) is 14.9 Å². The Morgan fingerprint density at radius 2 is 1.85 bits per heavy atom. The maximum Gasteiger partial charge on any atom is 0.215 e. The smallest absolute Gasteiger partial charge is 0.215 e. The molecular formula is C16H35IN4O3S2. The Labute approximate surface area is 180 Å². The lowest BCUT2D eigenvalue weighted by atomic mass is 10.0. The number of rotatable bonds is 10.